The van der Waals surface area contributed by atoms with Crippen molar-refractivity contribution in [1.82, 2.24) is 14.7 Å². The highest BCUT2D eigenvalue weighted by Gasteiger charge is 2.30. The Bertz CT molecular complexity index is 1200. The number of hydrogen-bond donors (Lipinski definition) is 0. The van der Waals surface area contributed by atoms with Gasteiger partial charge in [-0.05, 0) is 26.1 Å². The fourth-order valence-corrected chi connectivity index (χ4v) is 5.79. The van der Waals surface area contributed by atoms with Crippen molar-refractivity contribution in [3.63, 3.8) is 0 Å². The first-order chi connectivity index (χ1) is 17.6. The molecule has 0 aliphatic carbocycles. The summed E-state index contributed by atoms with van der Waals surface area (Å²) in [6.07, 6.45) is 2.49. The minimum absolute atomic E-state index is 0.0342. The Kier molecular flexibility index (Phi) is 11.9. The van der Waals surface area contributed by atoms with E-state index in [-0.39, 0.29) is 35.8 Å². The van der Waals surface area contributed by atoms with Crippen molar-refractivity contribution in [1.29, 1.82) is 0 Å². The molecule has 1 fully saturated rings. The van der Waals surface area contributed by atoms with E-state index in [0.717, 1.165) is 51.3 Å². The third-order valence-electron chi connectivity index (χ3n) is 6.17. The first kappa shape index (κ1) is 32.4. The molecule has 1 saturated heterocycles. The van der Waals surface area contributed by atoms with E-state index in [9.17, 15) is 31.7 Å². The average Bonchev–Trinajstić information content (AvgIpc) is 2.82. The van der Waals surface area contributed by atoms with Gasteiger partial charge in [0.15, 0.2) is 9.84 Å². The SMILES string of the molecule is CN1CCN(CCCN(C)C(=O)c2cc(N(CCBr)CCOS(C)(=O)=O)c(S(C)(=O)=O)cc2[N+](=O)[O-])CC1. The summed E-state index contributed by atoms with van der Waals surface area (Å²) in [5.41, 5.74) is -0.803. The second-order valence-electron chi connectivity index (χ2n) is 9.29. The van der Waals surface area contributed by atoms with Gasteiger partial charge in [0.2, 0.25) is 0 Å². The molecule has 0 unspecified atom stereocenters. The molecule has 0 spiro atoms. The number of rotatable bonds is 14. The smallest absolute Gasteiger partial charge is 0.283 e. The number of alkyl halides is 1. The summed E-state index contributed by atoms with van der Waals surface area (Å²) >= 11 is 3.29. The van der Waals surface area contributed by atoms with Crippen molar-refractivity contribution >= 4 is 53.2 Å². The first-order valence-corrected chi connectivity index (χ1v) is 16.8. The molecule has 1 aromatic carbocycles. The Morgan fingerprint density at radius 2 is 1.74 bits per heavy atom. The second-order valence-corrected chi connectivity index (χ2v) is 13.7. The summed E-state index contributed by atoms with van der Waals surface area (Å²) in [6, 6.07) is 2.10. The number of piperazine rings is 1. The van der Waals surface area contributed by atoms with Crippen molar-refractivity contribution in [2.45, 2.75) is 11.3 Å². The summed E-state index contributed by atoms with van der Waals surface area (Å²) in [5, 5.41) is 12.3. The molecule has 13 nitrogen and oxygen atoms in total. The zero-order valence-electron chi connectivity index (χ0n) is 22.1. The van der Waals surface area contributed by atoms with Crippen LogP contribution in [0, 0.1) is 10.1 Å². The number of nitro benzene ring substituents is 1. The van der Waals surface area contributed by atoms with Crippen LogP contribution in [0.5, 0.6) is 0 Å². The molecule has 0 saturated carbocycles. The molecule has 0 N–H and O–H groups in total. The van der Waals surface area contributed by atoms with Crippen LogP contribution in [0.3, 0.4) is 0 Å². The van der Waals surface area contributed by atoms with Crippen molar-refractivity contribution < 1.29 is 30.7 Å². The molecule has 2 rings (SSSR count). The average molecular weight is 643 g/mol. The highest BCUT2D eigenvalue weighted by Crippen LogP contribution is 2.34. The minimum atomic E-state index is -3.95. The monoisotopic (exact) mass is 641 g/mol. The van der Waals surface area contributed by atoms with Gasteiger partial charge in [0.05, 0.1) is 28.4 Å². The van der Waals surface area contributed by atoms with E-state index in [2.05, 4.69) is 32.8 Å². The van der Waals surface area contributed by atoms with E-state index in [0.29, 0.717) is 18.3 Å². The zero-order chi connectivity index (χ0) is 28.7. The molecule has 1 aliphatic heterocycles. The third kappa shape index (κ3) is 9.72. The van der Waals surface area contributed by atoms with Gasteiger partial charge >= 0.3 is 0 Å². The minimum Gasteiger partial charge on any atom is -0.367 e. The molecule has 0 radical (unpaired) electrons. The van der Waals surface area contributed by atoms with E-state index in [1.807, 2.05) is 0 Å². The van der Waals surface area contributed by atoms with Crippen LogP contribution in [-0.4, -0.2) is 133 Å². The number of nitro groups is 1. The molecule has 1 amide bonds. The second kappa shape index (κ2) is 14.0. The van der Waals surface area contributed by atoms with Gasteiger partial charge in [-0.1, -0.05) is 15.9 Å². The fraction of sp³-hybridized carbons (Fsp3) is 0.682. The number of halogens is 1. The van der Waals surface area contributed by atoms with Crippen molar-refractivity contribution in [3.05, 3.63) is 27.8 Å². The zero-order valence-corrected chi connectivity index (χ0v) is 25.3. The van der Waals surface area contributed by atoms with Crippen LogP contribution in [0.1, 0.15) is 16.8 Å². The summed E-state index contributed by atoms with van der Waals surface area (Å²) in [5.74, 6) is -0.609. The van der Waals surface area contributed by atoms with Crippen molar-refractivity contribution in [3.8, 4) is 0 Å². The molecule has 38 heavy (non-hydrogen) atoms. The van der Waals surface area contributed by atoms with Gasteiger partial charge in [-0.25, -0.2) is 8.42 Å². The largest absolute Gasteiger partial charge is 0.367 e. The Labute approximate surface area is 233 Å². The van der Waals surface area contributed by atoms with Gasteiger partial charge in [0.25, 0.3) is 21.7 Å². The maximum absolute atomic E-state index is 13.4. The van der Waals surface area contributed by atoms with Gasteiger partial charge in [-0.2, -0.15) is 8.42 Å². The Balaban J connectivity index is 2.37. The number of carbonyl (C=O) groups excluding carboxylic acids is 1. The summed E-state index contributed by atoms with van der Waals surface area (Å²) < 4.78 is 52.8. The predicted molar refractivity (Wildman–Crippen MR) is 149 cm³/mol. The lowest BCUT2D eigenvalue weighted by Crippen LogP contribution is -2.45. The number of nitrogens with zero attached hydrogens (tertiary/aromatic N) is 5. The van der Waals surface area contributed by atoms with Gasteiger partial charge in [0, 0.05) is 70.5 Å². The lowest BCUT2D eigenvalue weighted by Gasteiger charge is -2.32. The number of likely N-dealkylation sites (N-methyl/N-ethyl adjacent to an activating group) is 1. The van der Waals surface area contributed by atoms with Crippen LogP contribution in [0.4, 0.5) is 11.4 Å². The number of amides is 1. The number of anilines is 1. The number of hydrogen-bond acceptors (Lipinski definition) is 11. The fourth-order valence-electron chi connectivity index (χ4n) is 4.09. The number of carbonyl (C=O) groups is 1. The maximum Gasteiger partial charge on any atom is 0.283 e. The van der Waals surface area contributed by atoms with Gasteiger partial charge in [0.1, 0.15) is 5.56 Å². The normalized spacial score (nSPS) is 15.4. The third-order valence-corrected chi connectivity index (χ3v) is 8.24. The summed E-state index contributed by atoms with van der Waals surface area (Å²) in [4.78, 5) is 31.6. The molecular formula is C22H36BrN5O8S2. The highest BCUT2D eigenvalue weighted by molar-refractivity contribution is 9.09. The summed E-state index contributed by atoms with van der Waals surface area (Å²) in [7, 11) is -4.07. The predicted octanol–water partition coefficient (Wildman–Crippen LogP) is 0.885. The molecule has 1 aromatic rings. The lowest BCUT2D eigenvalue weighted by molar-refractivity contribution is -0.385. The van der Waals surface area contributed by atoms with Crippen LogP contribution >= 0.6 is 15.9 Å². The molecule has 1 aliphatic rings. The van der Waals surface area contributed by atoms with Gasteiger partial charge in [-0.15, -0.1) is 0 Å². The molecule has 1 heterocycles. The van der Waals surface area contributed by atoms with Gasteiger partial charge in [-0.3, -0.25) is 19.1 Å². The van der Waals surface area contributed by atoms with Crippen LogP contribution in [0.15, 0.2) is 17.0 Å². The molecule has 0 bridgehead atoms. The maximum atomic E-state index is 13.4. The number of benzene rings is 1. The van der Waals surface area contributed by atoms with E-state index < -0.39 is 36.5 Å². The standard InChI is InChI=1S/C22H36BrN5O8S2/c1-24-10-12-26(13-11-24)8-5-7-25(2)22(29)18-16-20(21(37(3,32)33)17-19(18)28(30)31)27(9-6-23)14-15-36-38(4,34)35/h16-17H,5-15H2,1-4H3. The quantitative estimate of drug-likeness (QED) is 0.123. The van der Waals surface area contributed by atoms with Crippen LogP contribution in [0.2, 0.25) is 0 Å². The van der Waals surface area contributed by atoms with E-state index in [1.165, 1.54) is 15.9 Å². The molecule has 0 atom stereocenters. The molecule has 0 aromatic heterocycles. The van der Waals surface area contributed by atoms with Crippen LogP contribution < -0.4 is 4.90 Å². The summed E-state index contributed by atoms with van der Waals surface area (Å²) in [6.45, 7) is 4.86. The van der Waals surface area contributed by atoms with Gasteiger partial charge < -0.3 is 19.6 Å². The first-order valence-electron chi connectivity index (χ1n) is 12.0. The molecule has 216 valence electrons. The van der Waals surface area contributed by atoms with Crippen molar-refractivity contribution in [2.24, 2.45) is 0 Å². The molecule has 16 heteroatoms. The topological polar surface area (TPSA) is 151 Å². The van der Waals surface area contributed by atoms with Crippen LogP contribution in [-0.2, 0) is 24.1 Å². The Morgan fingerprint density at radius 3 is 2.26 bits per heavy atom. The van der Waals surface area contributed by atoms with Crippen molar-refractivity contribution in [2.75, 3.05) is 95.8 Å². The Morgan fingerprint density at radius 1 is 1.11 bits per heavy atom. The highest BCUT2D eigenvalue weighted by atomic mass is 79.9. The number of sulfone groups is 1. The lowest BCUT2D eigenvalue weighted by atomic mass is 10.1. The van der Waals surface area contributed by atoms with E-state index in [4.69, 9.17) is 4.18 Å². The van der Waals surface area contributed by atoms with E-state index in [1.54, 1.807) is 7.05 Å². The van der Waals surface area contributed by atoms with E-state index >= 15 is 0 Å². The van der Waals surface area contributed by atoms with Crippen LogP contribution in [0.25, 0.3) is 0 Å². The molecular weight excluding hydrogens is 606 g/mol. The Hall–Kier alpha value is -1.85.